The van der Waals surface area contributed by atoms with Crippen LogP contribution in [0.3, 0.4) is 0 Å². The van der Waals surface area contributed by atoms with Crippen LogP contribution in [0.1, 0.15) is 44.9 Å². The second-order valence-electron chi connectivity index (χ2n) is 5.04. The normalized spacial score (nSPS) is 25.9. The van der Waals surface area contributed by atoms with E-state index in [1.165, 1.54) is 19.3 Å². The molecule has 1 aliphatic heterocycles. The summed E-state index contributed by atoms with van der Waals surface area (Å²) in [5.41, 5.74) is 5.67. The van der Waals surface area contributed by atoms with Gasteiger partial charge < -0.3 is 16.0 Å². The maximum Gasteiger partial charge on any atom is 0.318 e. The highest BCUT2D eigenvalue weighted by atomic mass is 32.1. The van der Waals surface area contributed by atoms with Crippen LogP contribution >= 0.6 is 12.2 Å². The summed E-state index contributed by atoms with van der Waals surface area (Å²) in [5.74, 6) is 0. The standard InChI is InChI=1S/C12H21N3OS/c13-11(17)10-7-4-8-15(10)12(16)14-9-5-2-1-3-6-9/h9-10H,1-8H2,(H2,13,17)(H,14,16). The lowest BCUT2D eigenvalue weighted by Crippen LogP contribution is -2.50. The fraction of sp³-hybridized carbons (Fsp3) is 0.833. The Kier molecular flexibility index (Phi) is 4.20. The Hall–Kier alpha value is -0.840. The number of urea groups is 1. The van der Waals surface area contributed by atoms with Gasteiger partial charge in [-0.3, -0.25) is 0 Å². The topological polar surface area (TPSA) is 58.4 Å². The Morgan fingerprint density at radius 2 is 1.88 bits per heavy atom. The molecule has 2 fully saturated rings. The van der Waals surface area contributed by atoms with Gasteiger partial charge in [-0.1, -0.05) is 31.5 Å². The number of likely N-dealkylation sites (tertiary alicyclic amines) is 1. The van der Waals surface area contributed by atoms with E-state index in [1.807, 2.05) is 0 Å². The number of carbonyl (C=O) groups is 1. The van der Waals surface area contributed by atoms with Crippen LogP contribution in [0.4, 0.5) is 4.79 Å². The van der Waals surface area contributed by atoms with Crippen LogP contribution in [-0.2, 0) is 0 Å². The van der Waals surface area contributed by atoms with E-state index < -0.39 is 0 Å². The van der Waals surface area contributed by atoms with Crippen LogP contribution in [-0.4, -0.2) is 34.5 Å². The van der Waals surface area contributed by atoms with Gasteiger partial charge in [0.05, 0.1) is 11.0 Å². The third-order valence-corrected chi connectivity index (χ3v) is 4.05. The molecule has 1 atom stereocenters. The van der Waals surface area contributed by atoms with Gasteiger partial charge in [-0.25, -0.2) is 4.79 Å². The smallest absolute Gasteiger partial charge is 0.318 e. The first-order valence-corrected chi connectivity index (χ1v) is 6.96. The number of nitrogens with one attached hydrogen (secondary N) is 1. The van der Waals surface area contributed by atoms with E-state index >= 15 is 0 Å². The zero-order chi connectivity index (χ0) is 12.3. The van der Waals surface area contributed by atoms with Crippen LogP contribution in [0.5, 0.6) is 0 Å². The predicted molar refractivity (Wildman–Crippen MR) is 71.9 cm³/mol. The zero-order valence-electron chi connectivity index (χ0n) is 10.2. The summed E-state index contributed by atoms with van der Waals surface area (Å²) in [5, 5.41) is 3.12. The highest BCUT2D eigenvalue weighted by molar-refractivity contribution is 7.80. The maximum absolute atomic E-state index is 12.1. The average Bonchev–Trinajstić information content (AvgIpc) is 2.79. The second kappa shape index (κ2) is 5.67. The minimum atomic E-state index is -0.0337. The summed E-state index contributed by atoms with van der Waals surface area (Å²) >= 11 is 5.01. The van der Waals surface area contributed by atoms with Gasteiger partial charge in [0.2, 0.25) is 0 Å². The first kappa shape index (κ1) is 12.6. The van der Waals surface area contributed by atoms with E-state index in [4.69, 9.17) is 18.0 Å². The van der Waals surface area contributed by atoms with Gasteiger partial charge >= 0.3 is 6.03 Å². The number of carbonyl (C=O) groups excluding carboxylic acids is 1. The van der Waals surface area contributed by atoms with E-state index in [9.17, 15) is 4.79 Å². The Balaban J connectivity index is 1.88. The molecule has 2 amide bonds. The van der Waals surface area contributed by atoms with Crippen molar-refractivity contribution >= 4 is 23.2 Å². The van der Waals surface area contributed by atoms with Crippen molar-refractivity contribution < 1.29 is 4.79 Å². The Morgan fingerprint density at radius 3 is 2.53 bits per heavy atom. The highest BCUT2D eigenvalue weighted by Gasteiger charge is 2.31. The van der Waals surface area contributed by atoms with Crippen LogP contribution in [0.25, 0.3) is 0 Å². The molecule has 1 saturated carbocycles. The van der Waals surface area contributed by atoms with Crippen LogP contribution in [0, 0.1) is 0 Å². The SMILES string of the molecule is NC(=S)C1CCCN1C(=O)NC1CCCCC1. The number of hydrogen-bond donors (Lipinski definition) is 2. The summed E-state index contributed by atoms with van der Waals surface area (Å²) in [7, 11) is 0. The number of hydrogen-bond acceptors (Lipinski definition) is 2. The van der Waals surface area contributed by atoms with Crippen LogP contribution in [0.2, 0.25) is 0 Å². The lowest BCUT2D eigenvalue weighted by molar-refractivity contribution is 0.195. The summed E-state index contributed by atoms with van der Waals surface area (Å²) in [6, 6.07) is 0.338. The molecule has 0 aromatic heterocycles. The third kappa shape index (κ3) is 3.09. The van der Waals surface area contributed by atoms with Gasteiger partial charge in [0.15, 0.2) is 0 Å². The van der Waals surface area contributed by atoms with Crippen LogP contribution < -0.4 is 11.1 Å². The minimum absolute atomic E-state index is 0.0206. The van der Waals surface area contributed by atoms with Crippen LogP contribution in [0.15, 0.2) is 0 Å². The Bertz CT molecular complexity index is 302. The van der Waals surface area contributed by atoms with Gasteiger partial charge in [0.1, 0.15) is 0 Å². The van der Waals surface area contributed by atoms with E-state index in [0.717, 1.165) is 32.2 Å². The molecular formula is C12H21N3OS. The highest BCUT2D eigenvalue weighted by Crippen LogP contribution is 2.20. The van der Waals surface area contributed by atoms with E-state index in [2.05, 4.69) is 5.32 Å². The molecule has 0 radical (unpaired) electrons. The molecule has 1 heterocycles. The first-order valence-electron chi connectivity index (χ1n) is 6.55. The summed E-state index contributed by atoms with van der Waals surface area (Å²) in [4.78, 5) is 14.4. The Labute approximate surface area is 108 Å². The third-order valence-electron chi connectivity index (χ3n) is 3.77. The fourth-order valence-corrected chi connectivity index (χ4v) is 3.06. The molecule has 3 N–H and O–H groups in total. The molecule has 17 heavy (non-hydrogen) atoms. The fourth-order valence-electron chi connectivity index (χ4n) is 2.81. The second-order valence-corrected chi connectivity index (χ2v) is 5.51. The molecule has 2 aliphatic rings. The van der Waals surface area contributed by atoms with Crippen molar-refractivity contribution in [3.63, 3.8) is 0 Å². The van der Waals surface area contributed by atoms with Gasteiger partial charge in [0, 0.05) is 12.6 Å². The monoisotopic (exact) mass is 255 g/mol. The molecule has 0 aromatic rings. The molecule has 0 aromatic carbocycles. The number of thiocarbonyl (C=S) groups is 1. The molecule has 0 spiro atoms. The van der Waals surface area contributed by atoms with Gasteiger partial charge in [-0.15, -0.1) is 0 Å². The number of nitrogens with zero attached hydrogens (tertiary/aromatic N) is 1. The molecule has 2 rings (SSSR count). The number of amides is 2. The maximum atomic E-state index is 12.1. The van der Waals surface area contributed by atoms with E-state index in [1.54, 1.807) is 4.90 Å². The van der Waals surface area contributed by atoms with Gasteiger partial charge in [-0.2, -0.15) is 0 Å². The number of nitrogens with two attached hydrogens (primary N) is 1. The molecule has 1 unspecified atom stereocenters. The van der Waals surface area contributed by atoms with E-state index in [0.29, 0.717) is 11.0 Å². The lowest BCUT2D eigenvalue weighted by atomic mass is 9.96. The van der Waals surface area contributed by atoms with Crippen molar-refractivity contribution in [2.75, 3.05) is 6.54 Å². The quantitative estimate of drug-likeness (QED) is 0.739. The molecule has 1 aliphatic carbocycles. The molecule has 4 nitrogen and oxygen atoms in total. The van der Waals surface area contributed by atoms with Crippen molar-refractivity contribution in [1.29, 1.82) is 0 Å². The summed E-state index contributed by atoms with van der Waals surface area (Å²) in [6.07, 6.45) is 7.88. The number of rotatable bonds is 2. The average molecular weight is 255 g/mol. The zero-order valence-corrected chi connectivity index (χ0v) is 11.0. The summed E-state index contributed by atoms with van der Waals surface area (Å²) < 4.78 is 0. The largest absolute Gasteiger partial charge is 0.392 e. The van der Waals surface area contributed by atoms with Crippen molar-refractivity contribution in [2.45, 2.75) is 57.0 Å². The molecule has 5 heteroatoms. The molecule has 0 bridgehead atoms. The first-order chi connectivity index (χ1) is 8.18. The summed E-state index contributed by atoms with van der Waals surface area (Å²) in [6.45, 7) is 0.778. The van der Waals surface area contributed by atoms with Gasteiger partial charge in [0.25, 0.3) is 0 Å². The van der Waals surface area contributed by atoms with Crippen molar-refractivity contribution in [2.24, 2.45) is 5.73 Å². The van der Waals surface area contributed by atoms with E-state index in [-0.39, 0.29) is 12.1 Å². The lowest BCUT2D eigenvalue weighted by Gasteiger charge is -2.29. The molecule has 96 valence electrons. The molecular weight excluding hydrogens is 234 g/mol. The minimum Gasteiger partial charge on any atom is -0.392 e. The van der Waals surface area contributed by atoms with Crippen molar-refractivity contribution in [1.82, 2.24) is 10.2 Å². The van der Waals surface area contributed by atoms with Gasteiger partial charge in [-0.05, 0) is 25.7 Å². The van der Waals surface area contributed by atoms with Crippen molar-refractivity contribution in [3.05, 3.63) is 0 Å². The Morgan fingerprint density at radius 1 is 1.18 bits per heavy atom. The van der Waals surface area contributed by atoms with Crippen molar-refractivity contribution in [3.8, 4) is 0 Å². The predicted octanol–water partition coefficient (Wildman–Crippen LogP) is 1.78. The molecule has 1 saturated heterocycles.